The van der Waals surface area contributed by atoms with Crippen LogP contribution in [-0.2, 0) is 14.5 Å². The maximum absolute atomic E-state index is 11.9. The van der Waals surface area contributed by atoms with Gasteiger partial charge in [-0.2, -0.15) is 5.10 Å². The van der Waals surface area contributed by atoms with Crippen molar-refractivity contribution in [3.05, 3.63) is 40.7 Å². The number of benzene rings is 1. The summed E-state index contributed by atoms with van der Waals surface area (Å²) in [5, 5.41) is 4.40. The highest BCUT2D eigenvalue weighted by atomic mass is 35.7. The van der Waals surface area contributed by atoms with Gasteiger partial charge in [-0.1, -0.05) is 50.6 Å². The Morgan fingerprint density at radius 3 is 2.19 bits per heavy atom. The highest BCUT2D eigenvalue weighted by molar-refractivity contribution is 8.13. The van der Waals surface area contributed by atoms with Gasteiger partial charge >= 0.3 is 0 Å². The maximum atomic E-state index is 11.9. The lowest BCUT2D eigenvalue weighted by molar-refractivity contribution is 0.544. The van der Waals surface area contributed by atoms with E-state index in [9.17, 15) is 8.42 Å². The third-order valence-corrected chi connectivity index (χ3v) is 4.88. The van der Waals surface area contributed by atoms with Gasteiger partial charge in [0.05, 0.1) is 11.4 Å². The summed E-state index contributed by atoms with van der Waals surface area (Å²) in [7, 11) is 1.56. The van der Waals surface area contributed by atoms with Gasteiger partial charge in [-0.3, -0.25) is 0 Å². The van der Waals surface area contributed by atoms with Crippen LogP contribution < -0.4 is 0 Å². The standard InChI is InChI=1S/C14H16Cl2N2O2S/c1-9-7-5-6-8-10(9)18-13(15)11(21(16,19)20)12(17-18)14(2,3)4/h5-8H,1-4H3. The van der Waals surface area contributed by atoms with Crippen LogP contribution >= 0.6 is 22.3 Å². The largest absolute Gasteiger partial charge is 0.266 e. The number of aromatic nitrogens is 2. The normalized spacial score (nSPS) is 12.7. The molecule has 0 amide bonds. The second-order valence-corrected chi connectivity index (χ2v) is 8.72. The van der Waals surface area contributed by atoms with E-state index in [4.69, 9.17) is 22.3 Å². The summed E-state index contributed by atoms with van der Waals surface area (Å²) < 4.78 is 25.2. The first-order valence-electron chi connectivity index (χ1n) is 6.33. The van der Waals surface area contributed by atoms with E-state index in [1.165, 1.54) is 4.68 Å². The van der Waals surface area contributed by atoms with Crippen LogP contribution in [0.2, 0.25) is 5.15 Å². The van der Waals surface area contributed by atoms with Crippen molar-refractivity contribution >= 4 is 31.3 Å². The van der Waals surface area contributed by atoms with Crippen LogP contribution in [0.5, 0.6) is 0 Å². The summed E-state index contributed by atoms with van der Waals surface area (Å²) in [6.45, 7) is 7.48. The van der Waals surface area contributed by atoms with Crippen LogP contribution in [0.15, 0.2) is 29.2 Å². The van der Waals surface area contributed by atoms with E-state index in [1.54, 1.807) is 0 Å². The van der Waals surface area contributed by atoms with E-state index < -0.39 is 14.5 Å². The first-order chi connectivity index (χ1) is 9.53. The molecule has 0 N–H and O–H groups in total. The van der Waals surface area contributed by atoms with Crippen molar-refractivity contribution in [3.63, 3.8) is 0 Å². The van der Waals surface area contributed by atoms with Gasteiger partial charge in [0, 0.05) is 16.1 Å². The Bertz CT molecular complexity index is 790. The van der Waals surface area contributed by atoms with Gasteiger partial charge in [-0.05, 0) is 18.6 Å². The molecule has 0 saturated heterocycles. The zero-order valence-electron chi connectivity index (χ0n) is 12.2. The molecule has 4 nitrogen and oxygen atoms in total. The number of aryl methyl sites for hydroxylation is 1. The van der Waals surface area contributed by atoms with Crippen molar-refractivity contribution in [3.8, 4) is 5.69 Å². The van der Waals surface area contributed by atoms with Gasteiger partial charge in [-0.25, -0.2) is 13.1 Å². The number of nitrogens with zero attached hydrogens (tertiary/aromatic N) is 2. The Morgan fingerprint density at radius 1 is 1.19 bits per heavy atom. The average Bonchev–Trinajstić information content (AvgIpc) is 2.67. The van der Waals surface area contributed by atoms with E-state index in [1.807, 2.05) is 52.0 Å². The molecule has 0 fully saturated rings. The quantitative estimate of drug-likeness (QED) is 0.770. The summed E-state index contributed by atoms with van der Waals surface area (Å²) >= 11 is 6.26. The molecule has 0 unspecified atom stereocenters. The predicted octanol–water partition coefficient (Wildman–Crippen LogP) is 4.06. The van der Waals surface area contributed by atoms with Gasteiger partial charge < -0.3 is 0 Å². The van der Waals surface area contributed by atoms with E-state index >= 15 is 0 Å². The van der Waals surface area contributed by atoms with Gasteiger partial charge in [0.1, 0.15) is 4.90 Å². The molecule has 0 aliphatic rings. The van der Waals surface area contributed by atoms with Gasteiger partial charge in [-0.15, -0.1) is 0 Å². The van der Waals surface area contributed by atoms with E-state index in [0.717, 1.165) is 11.3 Å². The first kappa shape index (κ1) is 16.3. The number of hydrogen-bond donors (Lipinski definition) is 0. The molecule has 1 aromatic heterocycles. The third kappa shape index (κ3) is 3.10. The van der Waals surface area contributed by atoms with Crippen molar-refractivity contribution in [1.29, 1.82) is 0 Å². The average molecular weight is 347 g/mol. The molecule has 0 radical (unpaired) electrons. The van der Waals surface area contributed by atoms with Crippen LogP contribution in [0.1, 0.15) is 32.0 Å². The summed E-state index contributed by atoms with van der Waals surface area (Å²) in [5.74, 6) is 0. The molecule has 0 aliphatic carbocycles. The Kier molecular flexibility index (Phi) is 4.12. The molecule has 2 rings (SSSR count). The zero-order valence-corrected chi connectivity index (χ0v) is 14.5. The van der Waals surface area contributed by atoms with Gasteiger partial charge in [0.2, 0.25) is 0 Å². The minimum atomic E-state index is -3.99. The van der Waals surface area contributed by atoms with E-state index in [-0.39, 0.29) is 10.0 Å². The molecule has 21 heavy (non-hydrogen) atoms. The fourth-order valence-corrected chi connectivity index (χ4v) is 4.00. The highest BCUT2D eigenvalue weighted by Gasteiger charge is 2.33. The molecule has 0 saturated carbocycles. The number of halogens is 2. The molecule has 0 atom stereocenters. The molecular formula is C14H16Cl2N2O2S. The molecule has 1 aromatic carbocycles. The monoisotopic (exact) mass is 346 g/mol. The van der Waals surface area contributed by atoms with E-state index in [0.29, 0.717) is 5.69 Å². The van der Waals surface area contributed by atoms with Crippen LogP contribution in [-0.4, -0.2) is 18.2 Å². The second-order valence-electron chi connectivity index (χ2n) is 5.85. The highest BCUT2D eigenvalue weighted by Crippen LogP contribution is 2.37. The van der Waals surface area contributed by atoms with Crippen molar-refractivity contribution < 1.29 is 8.42 Å². The van der Waals surface area contributed by atoms with Crippen molar-refractivity contribution in [2.24, 2.45) is 0 Å². The van der Waals surface area contributed by atoms with Crippen molar-refractivity contribution in [2.75, 3.05) is 0 Å². The SMILES string of the molecule is Cc1ccccc1-n1nc(C(C)(C)C)c(S(=O)(=O)Cl)c1Cl. The lowest BCUT2D eigenvalue weighted by Crippen LogP contribution is -2.15. The van der Waals surface area contributed by atoms with Gasteiger partial charge in [0.25, 0.3) is 9.05 Å². The fraction of sp³-hybridized carbons (Fsp3) is 0.357. The molecule has 0 bridgehead atoms. The summed E-state index contributed by atoms with van der Waals surface area (Å²) in [5.41, 5.74) is 1.50. The van der Waals surface area contributed by atoms with Crippen LogP contribution in [0.4, 0.5) is 0 Å². The maximum Gasteiger partial charge on any atom is 0.266 e. The van der Waals surface area contributed by atoms with Crippen LogP contribution in [0.3, 0.4) is 0 Å². The third-order valence-electron chi connectivity index (χ3n) is 3.09. The summed E-state index contributed by atoms with van der Waals surface area (Å²) in [6.07, 6.45) is 0. The second kappa shape index (κ2) is 5.30. The molecular weight excluding hydrogens is 331 g/mol. The van der Waals surface area contributed by atoms with E-state index in [2.05, 4.69) is 5.10 Å². The Labute approximate surface area is 134 Å². The number of rotatable bonds is 2. The smallest absolute Gasteiger partial charge is 0.220 e. The Hall–Kier alpha value is -1.04. The minimum Gasteiger partial charge on any atom is -0.220 e. The minimum absolute atomic E-state index is 0.00391. The van der Waals surface area contributed by atoms with Crippen LogP contribution in [0.25, 0.3) is 5.69 Å². The number of para-hydroxylation sites is 1. The lowest BCUT2D eigenvalue weighted by atomic mass is 9.92. The lowest BCUT2D eigenvalue weighted by Gasteiger charge is -2.16. The fourth-order valence-electron chi connectivity index (χ4n) is 2.05. The molecule has 1 heterocycles. The predicted molar refractivity (Wildman–Crippen MR) is 85.0 cm³/mol. The molecule has 2 aromatic rings. The number of hydrogen-bond acceptors (Lipinski definition) is 3. The Balaban J connectivity index is 2.84. The van der Waals surface area contributed by atoms with Crippen molar-refractivity contribution in [2.45, 2.75) is 38.0 Å². The molecule has 0 spiro atoms. The topological polar surface area (TPSA) is 52.0 Å². The van der Waals surface area contributed by atoms with Gasteiger partial charge in [0.15, 0.2) is 5.15 Å². The first-order valence-corrected chi connectivity index (χ1v) is 9.02. The molecule has 7 heteroatoms. The molecule has 0 aliphatic heterocycles. The van der Waals surface area contributed by atoms with Crippen LogP contribution in [0, 0.1) is 6.92 Å². The summed E-state index contributed by atoms with van der Waals surface area (Å²) in [4.78, 5) is -0.124. The summed E-state index contributed by atoms with van der Waals surface area (Å²) in [6, 6.07) is 7.45. The Morgan fingerprint density at radius 2 is 1.76 bits per heavy atom. The molecule has 114 valence electrons. The van der Waals surface area contributed by atoms with Crippen molar-refractivity contribution in [1.82, 2.24) is 9.78 Å². The zero-order chi connectivity index (χ0) is 16.0.